The molecule has 2 N–H and O–H groups in total. The number of hydrogen-bond donors (Lipinski definition) is 2. The van der Waals surface area contributed by atoms with E-state index in [2.05, 4.69) is 27.1 Å². The minimum Gasteiger partial charge on any atom is -0.497 e. The Labute approximate surface area is 188 Å². The average Bonchev–Trinajstić information content (AvgIpc) is 3.28. The maximum atomic E-state index is 12.7. The van der Waals surface area contributed by atoms with Crippen molar-refractivity contribution in [3.63, 3.8) is 0 Å². The maximum absolute atomic E-state index is 12.7. The summed E-state index contributed by atoms with van der Waals surface area (Å²) in [7, 11) is 1.65. The van der Waals surface area contributed by atoms with Gasteiger partial charge >= 0.3 is 0 Å². The zero-order chi connectivity index (χ0) is 21.9. The van der Waals surface area contributed by atoms with Crippen molar-refractivity contribution in [2.75, 3.05) is 40.0 Å². The van der Waals surface area contributed by atoms with E-state index in [-0.39, 0.29) is 12.5 Å². The van der Waals surface area contributed by atoms with Crippen LogP contribution in [0.25, 0.3) is 0 Å². The Bertz CT molecular complexity index is 851. The normalized spacial score (nSPS) is 13.6. The van der Waals surface area contributed by atoms with E-state index in [4.69, 9.17) is 9.47 Å². The van der Waals surface area contributed by atoms with Crippen molar-refractivity contribution in [2.45, 2.75) is 32.9 Å². The first-order chi connectivity index (χ1) is 15.2. The predicted molar refractivity (Wildman–Crippen MR) is 125 cm³/mol. The third-order valence-corrected chi connectivity index (χ3v) is 6.13. The van der Waals surface area contributed by atoms with E-state index >= 15 is 0 Å². The van der Waals surface area contributed by atoms with Crippen LogP contribution in [0.2, 0.25) is 0 Å². The highest BCUT2D eigenvalue weighted by atomic mass is 32.1. The van der Waals surface area contributed by atoms with Crippen molar-refractivity contribution >= 4 is 23.2 Å². The number of hydrogen-bond acceptors (Lipinski definition) is 5. The van der Waals surface area contributed by atoms with E-state index in [0.717, 1.165) is 37.2 Å². The standard InChI is InChI=1S/C23H32N4O3S/c1-3-30-13-4-11-24-23(25-15-18-5-7-20(29-2)8-6-18)26-16-22(28)27-12-9-21-19(17-27)10-14-31-21/h5-8,10,14H,3-4,9,11-13,15-17H2,1-2H3,(H2,24,25,26). The molecule has 1 aliphatic heterocycles. The van der Waals surface area contributed by atoms with Gasteiger partial charge in [0.2, 0.25) is 5.91 Å². The van der Waals surface area contributed by atoms with Crippen molar-refractivity contribution in [3.8, 4) is 5.75 Å². The summed E-state index contributed by atoms with van der Waals surface area (Å²) < 4.78 is 10.6. The lowest BCUT2D eigenvalue weighted by molar-refractivity contribution is -0.130. The fourth-order valence-electron chi connectivity index (χ4n) is 3.33. The molecule has 1 aromatic heterocycles. The van der Waals surface area contributed by atoms with E-state index in [1.54, 1.807) is 18.4 Å². The highest BCUT2D eigenvalue weighted by Crippen LogP contribution is 2.23. The molecule has 1 aromatic carbocycles. The van der Waals surface area contributed by atoms with Gasteiger partial charge in [0.15, 0.2) is 5.96 Å². The lowest BCUT2D eigenvalue weighted by atomic mass is 10.1. The zero-order valence-electron chi connectivity index (χ0n) is 18.4. The van der Waals surface area contributed by atoms with Gasteiger partial charge in [-0.1, -0.05) is 12.1 Å². The number of benzene rings is 1. The molecule has 8 heteroatoms. The first kappa shape index (κ1) is 23.1. The quantitative estimate of drug-likeness (QED) is 0.335. The Morgan fingerprint density at radius 3 is 2.84 bits per heavy atom. The molecule has 1 amide bonds. The number of carbonyl (C=O) groups is 1. The Morgan fingerprint density at radius 1 is 1.23 bits per heavy atom. The van der Waals surface area contributed by atoms with E-state index in [9.17, 15) is 4.79 Å². The second-order valence-electron chi connectivity index (χ2n) is 7.28. The van der Waals surface area contributed by atoms with Crippen molar-refractivity contribution in [1.82, 2.24) is 15.5 Å². The van der Waals surface area contributed by atoms with Crippen LogP contribution in [0.1, 0.15) is 29.3 Å². The molecule has 0 saturated carbocycles. The molecule has 2 aromatic rings. The highest BCUT2D eigenvalue weighted by molar-refractivity contribution is 7.10. The number of rotatable bonds is 10. The average molecular weight is 445 g/mol. The van der Waals surface area contributed by atoms with Crippen LogP contribution < -0.4 is 15.4 Å². The molecule has 31 heavy (non-hydrogen) atoms. The summed E-state index contributed by atoms with van der Waals surface area (Å²) in [5.74, 6) is 1.54. The topological polar surface area (TPSA) is 75.2 Å². The summed E-state index contributed by atoms with van der Waals surface area (Å²) in [4.78, 5) is 20.7. The number of methoxy groups -OCH3 is 1. The molecule has 1 aliphatic rings. The van der Waals surface area contributed by atoms with E-state index in [0.29, 0.717) is 32.3 Å². The summed E-state index contributed by atoms with van der Waals surface area (Å²) in [5, 5.41) is 8.61. The Balaban J connectivity index is 1.54. The Hall–Kier alpha value is -2.58. The van der Waals surface area contributed by atoms with Crippen LogP contribution in [0.15, 0.2) is 40.7 Å². The number of guanidine groups is 1. The van der Waals surface area contributed by atoms with Gasteiger partial charge in [0, 0.05) is 37.7 Å². The molecule has 3 rings (SSSR count). The summed E-state index contributed by atoms with van der Waals surface area (Å²) in [6.45, 7) is 6.33. The number of aliphatic imine (C=N–C) groups is 1. The van der Waals surface area contributed by atoms with Crippen LogP contribution in [-0.2, 0) is 29.0 Å². The van der Waals surface area contributed by atoms with Gasteiger partial charge in [-0.3, -0.25) is 4.79 Å². The van der Waals surface area contributed by atoms with E-state index in [1.165, 1.54) is 10.4 Å². The summed E-state index contributed by atoms with van der Waals surface area (Å²) in [6.07, 6.45) is 1.81. The lowest BCUT2D eigenvalue weighted by Gasteiger charge is -2.27. The molecule has 0 radical (unpaired) electrons. The number of ether oxygens (including phenoxy) is 2. The monoisotopic (exact) mass is 444 g/mol. The minimum absolute atomic E-state index is 0.0881. The molecule has 0 bridgehead atoms. The van der Waals surface area contributed by atoms with Crippen molar-refractivity contribution in [2.24, 2.45) is 4.99 Å². The molecule has 0 aliphatic carbocycles. The van der Waals surface area contributed by atoms with Crippen molar-refractivity contribution in [1.29, 1.82) is 0 Å². The van der Waals surface area contributed by atoms with Crippen LogP contribution >= 0.6 is 11.3 Å². The first-order valence-corrected chi connectivity index (χ1v) is 11.6. The fraction of sp³-hybridized carbons (Fsp3) is 0.478. The van der Waals surface area contributed by atoms with Gasteiger partial charge in [-0.2, -0.15) is 0 Å². The SMILES string of the molecule is CCOCCCNC(=NCc1ccc(OC)cc1)NCC(=O)N1CCc2sccc2C1. The number of amides is 1. The molecule has 2 heterocycles. The Kier molecular flexibility index (Phi) is 9.17. The zero-order valence-corrected chi connectivity index (χ0v) is 19.2. The first-order valence-electron chi connectivity index (χ1n) is 10.8. The molecule has 168 valence electrons. The lowest BCUT2D eigenvalue weighted by Crippen LogP contribution is -2.46. The third-order valence-electron chi connectivity index (χ3n) is 5.11. The van der Waals surface area contributed by atoms with Crippen LogP contribution in [-0.4, -0.2) is 56.7 Å². The molecule has 7 nitrogen and oxygen atoms in total. The Morgan fingerprint density at radius 2 is 2.06 bits per heavy atom. The number of fused-ring (bicyclic) bond motifs is 1. The summed E-state index contributed by atoms with van der Waals surface area (Å²) in [6, 6.07) is 9.95. The summed E-state index contributed by atoms with van der Waals surface area (Å²) in [5.41, 5.74) is 2.34. The number of nitrogens with one attached hydrogen (secondary N) is 2. The molecule has 0 saturated heterocycles. The van der Waals surface area contributed by atoms with Gasteiger partial charge in [-0.25, -0.2) is 4.99 Å². The molecule has 0 spiro atoms. The van der Waals surface area contributed by atoms with Crippen molar-refractivity contribution < 1.29 is 14.3 Å². The predicted octanol–water partition coefficient (Wildman–Crippen LogP) is 2.80. The van der Waals surface area contributed by atoms with Gasteiger partial charge in [-0.15, -0.1) is 11.3 Å². The van der Waals surface area contributed by atoms with Crippen LogP contribution in [0, 0.1) is 0 Å². The summed E-state index contributed by atoms with van der Waals surface area (Å²) >= 11 is 1.78. The molecule has 0 unspecified atom stereocenters. The van der Waals surface area contributed by atoms with Crippen molar-refractivity contribution in [3.05, 3.63) is 51.7 Å². The van der Waals surface area contributed by atoms with Gasteiger partial charge < -0.3 is 25.0 Å². The minimum atomic E-state index is 0.0881. The highest BCUT2D eigenvalue weighted by Gasteiger charge is 2.21. The number of carbonyl (C=O) groups excluding carboxylic acids is 1. The number of thiophene rings is 1. The van der Waals surface area contributed by atoms with Crippen LogP contribution in [0.5, 0.6) is 5.75 Å². The van der Waals surface area contributed by atoms with Crippen LogP contribution in [0.3, 0.4) is 0 Å². The van der Waals surface area contributed by atoms with Gasteiger partial charge in [0.1, 0.15) is 5.75 Å². The molecular weight excluding hydrogens is 412 g/mol. The van der Waals surface area contributed by atoms with Gasteiger partial charge in [0.05, 0.1) is 20.2 Å². The van der Waals surface area contributed by atoms with Gasteiger partial charge in [0.25, 0.3) is 0 Å². The van der Waals surface area contributed by atoms with Crippen LogP contribution in [0.4, 0.5) is 0 Å². The van der Waals surface area contributed by atoms with E-state index in [1.807, 2.05) is 36.1 Å². The molecule has 0 atom stereocenters. The fourth-order valence-corrected chi connectivity index (χ4v) is 4.22. The number of nitrogens with zero attached hydrogens (tertiary/aromatic N) is 2. The molecular formula is C23H32N4O3S. The third kappa shape index (κ3) is 7.25. The molecule has 0 fully saturated rings. The largest absolute Gasteiger partial charge is 0.497 e. The van der Waals surface area contributed by atoms with E-state index < -0.39 is 0 Å². The smallest absolute Gasteiger partial charge is 0.242 e. The second-order valence-corrected chi connectivity index (χ2v) is 8.28. The maximum Gasteiger partial charge on any atom is 0.242 e. The second kappa shape index (κ2) is 12.3. The van der Waals surface area contributed by atoms with Gasteiger partial charge in [-0.05, 0) is 54.5 Å².